The minimum Gasteiger partial charge on any atom is -0.454 e. The van der Waals surface area contributed by atoms with E-state index >= 15 is 0 Å². The number of nitrogens with one attached hydrogen (secondary N) is 1. The van der Waals surface area contributed by atoms with E-state index in [1.165, 1.54) is 17.4 Å². The predicted octanol–water partition coefficient (Wildman–Crippen LogP) is 2.06. The minimum atomic E-state index is -0.131. The number of fused-ring (bicyclic) bond motifs is 1. The zero-order valence-corrected chi connectivity index (χ0v) is 16.8. The second-order valence-electron chi connectivity index (χ2n) is 6.88. The third kappa shape index (κ3) is 4.96. The summed E-state index contributed by atoms with van der Waals surface area (Å²) >= 11 is 1.54. The van der Waals surface area contributed by atoms with Gasteiger partial charge < -0.3 is 19.7 Å². The first-order chi connectivity index (χ1) is 14.2. The van der Waals surface area contributed by atoms with Gasteiger partial charge in [0.15, 0.2) is 11.5 Å². The Morgan fingerprint density at radius 1 is 1.10 bits per heavy atom. The fourth-order valence-corrected chi connectivity index (χ4v) is 3.96. The summed E-state index contributed by atoms with van der Waals surface area (Å²) in [5.41, 5.74) is 1.65. The summed E-state index contributed by atoms with van der Waals surface area (Å²) < 4.78 is 10.6. The molecule has 152 valence electrons. The van der Waals surface area contributed by atoms with E-state index < -0.39 is 0 Å². The van der Waals surface area contributed by atoms with Crippen molar-refractivity contribution in [3.8, 4) is 11.5 Å². The van der Waals surface area contributed by atoms with E-state index in [0.29, 0.717) is 25.4 Å². The summed E-state index contributed by atoms with van der Waals surface area (Å²) in [5, 5.41) is 6.72. The molecule has 1 saturated heterocycles. The number of benzene rings is 1. The molecule has 0 spiro atoms. The molecule has 1 aromatic carbocycles. The van der Waals surface area contributed by atoms with Crippen molar-refractivity contribution in [2.24, 2.45) is 0 Å². The van der Waals surface area contributed by atoms with Gasteiger partial charge in [-0.15, -0.1) is 0 Å². The topological polar surface area (TPSA) is 71.1 Å². The second-order valence-corrected chi connectivity index (χ2v) is 7.66. The van der Waals surface area contributed by atoms with Crippen LogP contribution in [0, 0.1) is 0 Å². The SMILES string of the molecule is O=C(/C=C/c1ccc2c(c1)OCO2)NCCN1CCN(C(=O)c2ccsc2)CC1. The van der Waals surface area contributed by atoms with Crippen LogP contribution < -0.4 is 14.8 Å². The number of hydrogen-bond donors (Lipinski definition) is 1. The number of rotatable bonds is 6. The van der Waals surface area contributed by atoms with E-state index in [2.05, 4.69) is 10.2 Å². The molecule has 2 amide bonds. The first-order valence-electron chi connectivity index (χ1n) is 9.58. The molecule has 2 aliphatic rings. The lowest BCUT2D eigenvalue weighted by atomic mass is 10.2. The van der Waals surface area contributed by atoms with E-state index in [0.717, 1.165) is 36.5 Å². The molecule has 0 unspecified atom stereocenters. The Morgan fingerprint density at radius 3 is 2.72 bits per heavy atom. The predicted molar refractivity (Wildman–Crippen MR) is 111 cm³/mol. The van der Waals surface area contributed by atoms with Gasteiger partial charge in [0.1, 0.15) is 0 Å². The Hall–Kier alpha value is -2.84. The maximum atomic E-state index is 12.4. The van der Waals surface area contributed by atoms with Gasteiger partial charge in [-0.2, -0.15) is 11.3 Å². The van der Waals surface area contributed by atoms with Crippen LogP contribution in [0.5, 0.6) is 11.5 Å². The van der Waals surface area contributed by atoms with Gasteiger partial charge in [-0.25, -0.2) is 0 Å². The zero-order valence-electron chi connectivity index (χ0n) is 16.0. The average molecular weight is 413 g/mol. The van der Waals surface area contributed by atoms with Crippen LogP contribution in [-0.2, 0) is 4.79 Å². The lowest BCUT2D eigenvalue weighted by Gasteiger charge is -2.34. The van der Waals surface area contributed by atoms with Gasteiger partial charge in [-0.1, -0.05) is 6.07 Å². The van der Waals surface area contributed by atoms with Crippen molar-refractivity contribution in [2.75, 3.05) is 46.1 Å². The molecule has 3 heterocycles. The van der Waals surface area contributed by atoms with E-state index in [4.69, 9.17) is 9.47 Å². The molecule has 2 aromatic rings. The number of hydrogen-bond acceptors (Lipinski definition) is 6. The third-order valence-electron chi connectivity index (χ3n) is 4.98. The zero-order chi connectivity index (χ0) is 20.1. The molecule has 0 radical (unpaired) electrons. The number of amides is 2. The number of piperazine rings is 1. The number of ether oxygens (including phenoxy) is 2. The average Bonchev–Trinajstić information content (AvgIpc) is 3.44. The molecule has 29 heavy (non-hydrogen) atoms. The fraction of sp³-hybridized carbons (Fsp3) is 0.333. The highest BCUT2D eigenvalue weighted by atomic mass is 32.1. The molecular formula is C21H23N3O4S. The van der Waals surface area contributed by atoms with Crippen molar-refractivity contribution < 1.29 is 19.1 Å². The van der Waals surface area contributed by atoms with Crippen molar-refractivity contribution in [1.29, 1.82) is 0 Å². The molecule has 1 aromatic heterocycles. The number of carbonyl (C=O) groups is 2. The van der Waals surface area contributed by atoms with Crippen LogP contribution in [0.1, 0.15) is 15.9 Å². The Morgan fingerprint density at radius 2 is 1.93 bits per heavy atom. The third-order valence-corrected chi connectivity index (χ3v) is 5.66. The normalized spacial score (nSPS) is 16.3. The molecule has 2 aliphatic heterocycles. The molecule has 7 nitrogen and oxygen atoms in total. The van der Waals surface area contributed by atoms with Gasteiger partial charge in [0, 0.05) is 50.7 Å². The van der Waals surface area contributed by atoms with E-state index in [1.54, 1.807) is 6.08 Å². The van der Waals surface area contributed by atoms with Crippen LogP contribution in [0.2, 0.25) is 0 Å². The Kier molecular flexibility index (Phi) is 6.12. The highest BCUT2D eigenvalue weighted by Crippen LogP contribution is 2.32. The van der Waals surface area contributed by atoms with Crippen molar-refractivity contribution in [2.45, 2.75) is 0 Å². The lowest BCUT2D eigenvalue weighted by molar-refractivity contribution is -0.116. The van der Waals surface area contributed by atoms with Crippen LogP contribution in [-0.4, -0.2) is 67.7 Å². The van der Waals surface area contributed by atoms with Gasteiger partial charge in [-0.3, -0.25) is 14.5 Å². The van der Waals surface area contributed by atoms with Crippen LogP contribution in [0.3, 0.4) is 0 Å². The summed E-state index contributed by atoms with van der Waals surface area (Å²) in [6.45, 7) is 4.64. The molecule has 0 aliphatic carbocycles. The quantitative estimate of drug-likeness (QED) is 0.734. The van der Waals surface area contributed by atoms with Crippen LogP contribution >= 0.6 is 11.3 Å². The lowest BCUT2D eigenvalue weighted by Crippen LogP contribution is -2.50. The molecule has 0 saturated carbocycles. The summed E-state index contributed by atoms with van der Waals surface area (Å²) in [7, 11) is 0. The Balaban J connectivity index is 1.16. The first kappa shape index (κ1) is 19.5. The summed E-state index contributed by atoms with van der Waals surface area (Å²) in [6, 6.07) is 7.44. The van der Waals surface area contributed by atoms with Gasteiger partial charge in [-0.05, 0) is 35.2 Å². The van der Waals surface area contributed by atoms with E-state index in [1.807, 2.05) is 39.9 Å². The van der Waals surface area contributed by atoms with Crippen LogP contribution in [0.25, 0.3) is 6.08 Å². The Bertz CT molecular complexity index is 889. The highest BCUT2D eigenvalue weighted by Gasteiger charge is 2.22. The van der Waals surface area contributed by atoms with Crippen molar-refractivity contribution in [1.82, 2.24) is 15.1 Å². The smallest absolute Gasteiger partial charge is 0.254 e. The van der Waals surface area contributed by atoms with Crippen LogP contribution in [0.15, 0.2) is 41.1 Å². The van der Waals surface area contributed by atoms with E-state index in [9.17, 15) is 9.59 Å². The molecule has 4 rings (SSSR count). The van der Waals surface area contributed by atoms with Crippen molar-refractivity contribution in [3.05, 3.63) is 52.2 Å². The highest BCUT2D eigenvalue weighted by molar-refractivity contribution is 7.08. The van der Waals surface area contributed by atoms with Gasteiger partial charge >= 0.3 is 0 Å². The number of carbonyl (C=O) groups excluding carboxylic acids is 2. The largest absolute Gasteiger partial charge is 0.454 e. The molecular weight excluding hydrogens is 390 g/mol. The molecule has 0 bridgehead atoms. The van der Waals surface area contributed by atoms with E-state index in [-0.39, 0.29) is 18.6 Å². The standard InChI is InChI=1S/C21H23N3O4S/c25-20(4-2-16-1-3-18-19(13-16)28-15-27-18)22-6-7-23-8-10-24(11-9-23)21(26)17-5-12-29-14-17/h1-5,12-14H,6-11,15H2,(H,22,25)/b4-2+. The number of nitrogens with zero attached hydrogens (tertiary/aromatic N) is 2. The maximum absolute atomic E-state index is 12.4. The first-order valence-corrected chi connectivity index (χ1v) is 10.5. The fourth-order valence-electron chi connectivity index (χ4n) is 3.33. The summed E-state index contributed by atoms with van der Waals surface area (Å²) in [5.74, 6) is 1.40. The number of thiophene rings is 1. The summed E-state index contributed by atoms with van der Waals surface area (Å²) in [6.07, 6.45) is 3.28. The van der Waals surface area contributed by atoms with Crippen LogP contribution in [0.4, 0.5) is 0 Å². The second kappa shape index (κ2) is 9.11. The van der Waals surface area contributed by atoms with Crippen molar-refractivity contribution in [3.63, 3.8) is 0 Å². The van der Waals surface area contributed by atoms with Crippen molar-refractivity contribution >= 4 is 29.2 Å². The molecule has 8 heteroatoms. The van der Waals surface area contributed by atoms with Gasteiger partial charge in [0.05, 0.1) is 5.56 Å². The van der Waals surface area contributed by atoms with Gasteiger partial charge in [0.25, 0.3) is 5.91 Å². The minimum absolute atomic E-state index is 0.104. The molecule has 1 N–H and O–H groups in total. The summed E-state index contributed by atoms with van der Waals surface area (Å²) in [4.78, 5) is 28.6. The Labute approximate surface area is 173 Å². The molecule has 1 fully saturated rings. The van der Waals surface area contributed by atoms with Gasteiger partial charge in [0.2, 0.25) is 12.7 Å². The molecule has 0 atom stereocenters. The monoisotopic (exact) mass is 413 g/mol. The maximum Gasteiger partial charge on any atom is 0.254 e.